The van der Waals surface area contributed by atoms with Crippen LogP contribution < -0.4 is 15.6 Å². The molecule has 0 fully saturated rings. The Morgan fingerprint density at radius 3 is 2.36 bits per heavy atom. The third kappa shape index (κ3) is 4.07. The highest BCUT2D eigenvalue weighted by molar-refractivity contribution is 7.89. The molecule has 2 aromatic carbocycles. The van der Waals surface area contributed by atoms with Crippen molar-refractivity contribution in [3.63, 3.8) is 0 Å². The quantitative estimate of drug-likeness (QED) is 0.618. The number of aromatic nitrogens is 2. The van der Waals surface area contributed by atoms with Gasteiger partial charge in [-0.2, -0.15) is 13.2 Å². The van der Waals surface area contributed by atoms with Crippen LogP contribution in [0.3, 0.4) is 0 Å². The Balaban J connectivity index is 1.98. The molecule has 0 spiro atoms. The number of hydrazine groups is 1. The van der Waals surface area contributed by atoms with E-state index < -0.39 is 39.2 Å². The molecule has 0 aliphatic rings. The lowest BCUT2D eigenvalue weighted by Crippen LogP contribution is -2.39. The molecule has 0 aliphatic heterocycles. The number of halogens is 3. The van der Waals surface area contributed by atoms with Gasteiger partial charge in [0.25, 0.3) is 10.0 Å². The monoisotopic (exact) mass is 413 g/mol. The maximum Gasteiger partial charge on any atom is 0.417 e. The number of nitrogens with two attached hydrogens (primary N) is 1. The fourth-order valence-corrected chi connectivity index (χ4v) is 3.48. The summed E-state index contributed by atoms with van der Waals surface area (Å²) < 4.78 is 69.7. The van der Waals surface area contributed by atoms with Gasteiger partial charge in [-0.05, 0) is 30.3 Å². The SMILES string of the molecule is CN(NS(=O)(=O)c1ccccc1)c1ccc(C(F)(F)F)c(-c2nnc(N)o2)c1. The van der Waals surface area contributed by atoms with E-state index in [2.05, 4.69) is 15.0 Å². The average Bonchev–Trinajstić information content (AvgIpc) is 3.07. The smallest absolute Gasteiger partial charge is 0.404 e. The van der Waals surface area contributed by atoms with Crippen LogP contribution in [-0.4, -0.2) is 25.7 Å². The minimum atomic E-state index is -4.70. The number of anilines is 2. The Kier molecular flexibility index (Phi) is 5.00. The van der Waals surface area contributed by atoms with Gasteiger partial charge in [0, 0.05) is 7.05 Å². The number of sulfonamides is 1. The maximum absolute atomic E-state index is 13.3. The predicted octanol–water partition coefficient (Wildman–Crippen LogP) is 2.67. The molecule has 0 unspecified atom stereocenters. The van der Waals surface area contributed by atoms with Gasteiger partial charge in [0.2, 0.25) is 5.89 Å². The normalized spacial score (nSPS) is 12.1. The van der Waals surface area contributed by atoms with Gasteiger partial charge in [-0.25, -0.2) is 8.42 Å². The molecule has 8 nitrogen and oxygen atoms in total. The first-order valence-electron chi connectivity index (χ1n) is 7.70. The molecule has 0 radical (unpaired) electrons. The summed E-state index contributed by atoms with van der Waals surface area (Å²) in [6.07, 6.45) is -4.70. The molecule has 3 N–H and O–H groups in total. The summed E-state index contributed by atoms with van der Waals surface area (Å²) in [6, 6.07) is 10.1. The van der Waals surface area contributed by atoms with Crippen molar-refractivity contribution in [1.82, 2.24) is 15.0 Å². The van der Waals surface area contributed by atoms with Crippen molar-refractivity contribution in [3.05, 3.63) is 54.1 Å². The fraction of sp³-hybridized carbons (Fsp3) is 0.125. The zero-order valence-electron chi connectivity index (χ0n) is 14.3. The van der Waals surface area contributed by atoms with E-state index in [9.17, 15) is 21.6 Å². The van der Waals surface area contributed by atoms with Gasteiger partial charge in [-0.3, -0.25) is 5.01 Å². The van der Waals surface area contributed by atoms with Crippen LogP contribution in [-0.2, 0) is 16.2 Å². The van der Waals surface area contributed by atoms with Gasteiger partial charge in [0.1, 0.15) is 0 Å². The van der Waals surface area contributed by atoms with Crippen LogP contribution in [0, 0.1) is 0 Å². The summed E-state index contributed by atoms with van der Waals surface area (Å²) in [5.74, 6) is -0.439. The lowest BCUT2D eigenvalue weighted by Gasteiger charge is -2.22. The van der Waals surface area contributed by atoms with Crippen molar-refractivity contribution < 1.29 is 26.0 Å². The molecular formula is C16H14F3N5O3S. The van der Waals surface area contributed by atoms with E-state index in [1.165, 1.54) is 19.2 Å². The van der Waals surface area contributed by atoms with E-state index in [-0.39, 0.29) is 10.6 Å². The molecule has 0 aliphatic carbocycles. The average molecular weight is 413 g/mol. The second-order valence-electron chi connectivity index (χ2n) is 5.64. The van der Waals surface area contributed by atoms with Crippen LogP contribution in [0.4, 0.5) is 24.9 Å². The minimum absolute atomic E-state index is 0.00124. The molecule has 12 heteroatoms. The summed E-state index contributed by atoms with van der Waals surface area (Å²) >= 11 is 0. The number of rotatable bonds is 5. The number of nitrogen functional groups attached to an aromatic ring is 1. The van der Waals surface area contributed by atoms with Crippen molar-refractivity contribution in [2.45, 2.75) is 11.1 Å². The second-order valence-corrected chi connectivity index (χ2v) is 7.30. The molecule has 148 valence electrons. The van der Waals surface area contributed by atoms with Crippen LogP contribution in [0.25, 0.3) is 11.5 Å². The lowest BCUT2D eigenvalue weighted by molar-refractivity contribution is -0.137. The Morgan fingerprint density at radius 2 is 1.79 bits per heavy atom. The Labute approximate surface area is 157 Å². The van der Waals surface area contributed by atoms with Crippen molar-refractivity contribution in [1.29, 1.82) is 0 Å². The molecule has 3 rings (SSSR count). The van der Waals surface area contributed by atoms with Crippen LogP contribution in [0.5, 0.6) is 0 Å². The zero-order valence-corrected chi connectivity index (χ0v) is 15.1. The summed E-state index contributed by atoms with van der Waals surface area (Å²) in [7, 11) is -2.59. The van der Waals surface area contributed by atoms with Crippen LogP contribution in [0.2, 0.25) is 0 Å². The number of nitrogens with one attached hydrogen (secondary N) is 1. The van der Waals surface area contributed by atoms with Gasteiger partial charge in [0.05, 0.1) is 21.7 Å². The van der Waals surface area contributed by atoms with Crippen molar-refractivity contribution in [2.75, 3.05) is 17.8 Å². The Hall–Kier alpha value is -3.12. The van der Waals surface area contributed by atoms with Gasteiger partial charge in [-0.15, -0.1) is 9.93 Å². The molecule has 0 amide bonds. The lowest BCUT2D eigenvalue weighted by atomic mass is 10.1. The maximum atomic E-state index is 13.3. The third-order valence-electron chi connectivity index (χ3n) is 3.68. The summed E-state index contributed by atoms with van der Waals surface area (Å²) in [6.45, 7) is 0. The molecule has 1 heterocycles. The number of hydrogen-bond donors (Lipinski definition) is 2. The first kappa shape index (κ1) is 19.6. The molecule has 1 aromatic heterocycles. The molecule has 0 saturated carbocycles. The van der Waals surface area contributed by atoms with Gasteiger partial charge < -0.3 is 10.2 Å². The highest BCUT2D eigenvalue weighted by Crippen LogP contribution is 2.38. The third-order valence-corrected chi connectivity index (χ3v) is 5.08. The van der Waals surface area contributed by atoms with Crippen molar-refractivity contribution in [2.24, 2.45) is 0 Å². The number of nitrogens with zero attached hydrogens (tertiary/aromatic N) is 3. The standard InChI is InChI=1S/C16H14F3N5O3S/c1-24(23-28(25,26)11-5-3-2-4-6-11)10-7-8-13(16(17,18)19)12(9-10)14-21-22-15(20)27-14/h2-9,23H,1H3,(H2,20,22). The van der Waals surface area contributed by atoms with E-state index in [0.29, 0.717) is 0 Å². The highest BCUT2D eigenvalue weighted by Gasteiger charge is 2.35. The fourth-order valence-electron chi connectivity index (χ4n) is 2.39. The largest absolute Gasteiger partial charge is 0.417 e. The van der Waals surface area contributed by atoms with Crippen molar-refractivity contribution in [3.8, 4) is 11.5 Å². The van der Waals surface area contributed by atoms with Gasteiger partial charge >= 0.3 is 12.2 Å². The minimum Gasteiger partial charge on any atom is -0.404 e. The van der Waals surface area contributed by atoms with Gasteiger partial charge in [-0.1, -0.05) is 23.3 Å². The number of benzene rings is 2. The molecule has 28 heavy (non-hydrogen) atoms. The summed E-state index contributed by atoms with van der Waals surface area (Å²) in [4.78, 5) is 2.26. The molecule has 3 aromatic rings. The first-order chi connectivity index (χ1) is 13.1. The Bertz CT molecular complexity index is 1080. The van der Waals surface area contributed by atoms with E-state index in [1.807, 2.05) is 0 Å². The highest BCUT2D eigenvalue weighted by atomic mass is 32.2. The van der Waals surface area contributed by atoms with E-state index in [0.717, 1.165) is 23.2 Å². The summed E-state index contributed by atoms with van der Waals surface area (Å²) in [5.41, 5.74) is 3.95. The molecular weight excluding hydrogens is 399 g/mol. The first-order valence-corrected chi connectivity index (χ1v) is 9.18. The van der Waals surface area contributed by atoms with E-state index >= 15 is 0 Å². The predicted molar refractivity (Wildman–Crippen MR) is 94.3 cm³/mol. The molecule has 0 atom stereocenters. The van der Waals surface area contributed by atoms with E-state index in [1.54, 1.807) is 18.2 Å². The van der Waals surface area contributed by atoms with E-state index in [4.69, 9.17) is 10.2 Å². The van der Waals surface area contributed by atoms with Crippen LogP contribution >= 0.6 is 0 Å². The zero-order chi connectivity index (χ0) is 20.5. The number of hydrogen-bond acceptors (Lipinski definition) is 7. The molecule has 0 bridgehead atoms. The number of alkyl halides is 3. The summed E-state index contributed by atoms with van der Waals surface area (Å²) in [5, 5.41) is 7.90. The Morgan fingerprint density at radius 1 is 1.11 bits per heavy atom. The van der Waals surface area contributed by atoms with Crippen LogP contribution in [0.1, 0.15) is 5.56 Å². The van der Waals surface area contributed by atoms with Gasteiger partial charge in [0.15, 0.2) is 0 Å². The molecule has 0 saturated heterocycles. The van der Waals surface area contributed by atoms with Crippen molar-refractivity contribution >= 4 is 21.7 Å². The second kappa shape index (κ2) is 7.13. The van der Waals surface area contributed by atoms with Crippen LogP contribution in [0.15, 0.2) is 57.8 Å². The topological polar surface area (TPSA) is 114 Å².